The number of aromatic nitrogens is 1. The summed E-state index contributed by atoms with van der Waals surface area (Å²) in [6.45, 7) is 0.379. The number of benzene rings is 2. The molecular weight excluding hydrogens is 421 g/mol. The largest absolute Gasteiger partial charge is 0.478 e. The molecule has 3 aromatic rings. The van der Waals surface area contributed by atoms with Crippen LogP contribution in [0.5, 0.6) is 0 Å². The van der Waals surface area contributed by atoms with Crippen molar-refractivity contribution >= 4 is 35.2 Å². The Labute approximate surface area is 185 Å². The Kier molecular flexibility index (Phi) is 7.50. The van der Waals surface area contributed by atoms with Crippen molar-refractivity contribution in [2.75, 3.05) is 0 Å². The zero-order valence-electron chi connectivity index (χ0n) is 16.2. The molecule has 0 aliphatic rings. The van der Waals surface area contributed by atoms with Crippen LogP contribution in [0.2, 0.25) is 10.0 Å². The highest BCUT2D eigenvalue weighted by Crippen LogP contribution is 2.20. The van der Waals surface area contributed by atoms with Crippen LogP contribution >= 0.6 is 23.2 Å². The van der Waals surface area contributed by atoms with Crippen molar-refractivity contribution in [2.45, 2.75) is 25.8 Å². The fourth-order valence-corrected chi connectivity index (χ4v) is 3.69. The molecule has 1 aromatic heterocycles. The first-order valence-electron chi connectivity index (χ1n) is 9.57. The van der Waals surface area contributed by atoms with E-state index >= 15 is 0 Å². The van der Waals surface area contributed by atoms with E-state index in [4.69, 9.17) is 28.3 Å². The Hall–Kier alpha value is -2.82. The maximum absolute atomic E-state index is 12.6. The SMILES string of the molecule is O=C(O)c1ccc(CCn2c(/C=C/CCc3ccccc3)c(Cl)cc(Cl)c2=O)cc1. The minimum Gasteiger partial charge on any atom is -0.478 e. The lowest BCUT2D eigenvalue weighted by Gasteiger charge is -2.13. The molecule has 0 spiro atoms. The Morgan fingerprint density at radius 1 is 0.933 bits per heavy atom. The van der Waals surface area contributed by atoms with Crippen molar-refractivity contribution in [1.82, 2.24) is 4.57 Å². The van der Waals surface area contributed by atoms with Crippen LogP contribution in [0.1, 0.15) is 33.6 Å². The minimum atomic E-state index is -0.970. The zero-order chi connectivity index (χ0) is 21.5. The number of hydrogen-bond donors (Lipinski definition) is 1. The Morgan fingerprint density at radius 3 is 2.27 bits per heavy atom. The molecule has 0 bridgehead atoms. The van der Waals surface area contributed by atoms with E-state index in [2.05, 4.69) is 12.1 Å². The van der Waals surface area contributed by atoms with E-state index in [0.29, 0.717) is 23.7 Å². The molecule has 0 atom stereocenters. The van der Waals surface area contributed by atoms with E-state index < -0.39 is 5.97 Å². The summed E-state index contributed by atoms with van der Waals surface area (Å²) < 4.78 is 1.56. The molecular formula is C24H21Cl2NO3. The standard InChI is InChI=1S/C24H21Cl2NO3/c25-20-16-21(26)23(28)27(15-14-18-10-12-19(13-11-18)24(29)30)22(20)9-5-4-8-17-6-2-1-3-7-17/h1-3,5-7,9-13,16H,4,8,14-15H2,(H,29,30)/b9-5+. The summed E-state index contributed by atoms with van der Waals surface area (Å²) in [5.41, 5.74) is 2.70. The second kappa shape index (κ2) is 10.3. The number of hydrogen-bond acceptors (Lipinski definition) is 2. The Bertz CT molecular complexity index is 1100. The highest BCUT2D eigenvalue weighted by Gasteiger charge is 2.11. The number of pyridine rings is 1. The monoisotopic (exact) mass is 441 g/mol. The van der Waals surface area contributed by atoms with Crippen LogP contribution in [0.3, 0.4) is 0 Å². The molecule has 4 nitrogen and oxygen atoms in total. The smallest absolute Gasteiger partial charge is 0.335 e. The van der Waals surface area contributed by atoms with Gasteiger partial charge in [0, 0.05) is 6.54 Å². The van der Waals surface area contributed by atoms with Gasteiger partial charge in [0.2, 0.25) is 0 Å². The number of aromatic carboxylic acids is 1. The first-order chi connectivity index (χ1) is 14.5. The van der Waals surface area contributed by atoms with Gasteiger partial charge in [-0.1, -0.05) is 71.7 Å². The van der Waals surface area contributed by atoms with Crippen molar-refractivity contribution in [3.63, 3.8) is 0 Å². The number of carboxylic acids is 1. The predicted molar refractivity (Wildman–Crippen MR) is 122 cm³/mol. The van der Waals surface area contributed by atoms with Gasteiger partial charge in [-0.05, 0) is 54.7 Å². The molecule has 1 heterocycles. The van der Waals surface area contributed by atoms with Crippen molar-refractivity contribution in [1.29, 1.82) is 0 Å². The first kappa shape index (κ1) is 21.9. The van der Waals surface area contributed by atoms with Gasteiger partial charge in [-0.2, -0.15) is 0 Å². The summed E-state index contributed by atoms with van der Waals surface area (Å²) in [5.74, 6) is -0.970. The van der Waals surface area contributed by atoms with Crippen molar-refractivity contribution in [3.8, 4) is 0 Å². The van der Waals surface area contributed by atoms with Gasteiger partial charge in [0.15, 0.2) is 0 Å². The van der Waals surface area contributed by atoms with Crippen LogP contribution in [0, 0.1) is 0 Å². The maximum atomic E-state index is 12.6. The van der Waals surface area contributed by atoms with Gasteiger partial charge in [-0.25, -0.2) is 4.79 Å². The quantitative estimate of drug-likeness (QED) is 0.484. The fourth-order valence-electron chi connectivity index (χ4n) is 3.15. The fraction of sp³-hybridized carbons (Fsp3) is 0.167. The summed E-state index contributed by atoms with van der Waals surface area (Å²) in [5, 5.41) is 9.50. The van der Waals surface area contributed by atoms with E-state index in [1.165, 1.54) is 11.6 Å². The molecule has 1 N–H and O–H groups in total. The van der Waals surface area contributed by atoms with Gasteiger partial charge >= 0.3 is 5.97 Å². The summed E-state index contributed by atoms with van der Waals surface area (Å²) in [6.07, 6.45) is 6.11. The topological polar surface area (TPSA) is 59.3 Å². The predicted octanol–water partition coefficient (Wildman–Crippen LogP) is 5.74. The third-order valence-corrected chi connectivity index (χ3v) is 5.36. The van der Waals surface area contributed by atoms with Crippen molar-refractivity contribution in [2.24, 2.45) is 0 Å². The van der Waals surface area contributed by atoms with E-state index in [9.17, 15) is 9.59 Å². The number of carboxylic acid groups (broad SMARTS) is 1. The molecule has 154 valence electrons. The van der Waals surface area contributed by atoms with Crippen LogP contribution in [0.25, 0.3) is 6.08 Å². The maximum Gasteiger partial charge on any atom is 0.335 e. The molecule has 0 unspecified atom stereocenters. The third-order valence-electron chi connectivity index (χ3n) is 4.78. The first-order valence-corrected chi connectivity index (χ1v) is 10.3. The number of aryl methyl sites for hydroxylation is 2. The highest BCUT2D eigenvalue weighted by atomic mass is 35.5. The average Bonchev–Trinajstić information content (AvgIpc) is 2.75. The summed E-state index contributed by atoms with van der Waals surface area (Å²) in [6, 6.07) is 18.2. The third kappa shape index (κ3) is 5.62. The number of rotatable bonds is 8. The van der Waals surface area contributed by atoms with Crippen LogP contribution in [-0.2, 0) is 19.4 Å². The molecule has 0 saturated heterocycles. The normalized spacial score (nSPS) is 11.1. The molecule has 6 heteroatoms. The summed E-state index contributed by atoms with van der Waals surface area (Å²) in [7, 11) is 0. The number of halogens is 2. The molecule has 0 saturated carbocycles. The average molecular weight is 442 g/mol. The van der Waals surface area contributed by atoms with Crippen LogP contribution < -0.4 is 5.56 Å². The zero-order valence-corrected chi connectivity index (χ0v) is 17.7. The molecule has 3 rings (SSSR count). The van der Waals surface area contributed by atoms with E-state index in [1.54, 1.807) is 28.8 Å². The van der Waals surface area contributed by atoms with Gasteiger partial charge in [-0.15, -0.1) is 0 Å². The number of carbonyl (C=O) groups is 1. The van der Waals surface area contributed by atoms with E-state index in [1.807, 2.05) is 30.4 Å². The van der Waals surface area contributed by atoms with E-state index in [0.717, 1.165) is 18.4 Å². The summed E-state index contributed by atoms with van der Waals surface area (Å²) in [4.78, 5) is 23.6. The van der Waals surface area contributed by atoms with Crippen molar-refractivity contribution in [3.05, 3.63) is 110 Å². The lowest BCUT2D eigenvalue weighted by molar-refractivity contribution is 0.0697. The van der Waals surface area contributed by atoms with Crippen LogP contribution in [0.4, 0.5) is 0 Å². The van der Waals surface area contributed by atoms with Crippen molar-refractivity contribution < 1.29 is 9.90 Å². The van der Waals surface area contributed by atoms with Crippen LogP contribution in [0.15, 0.2) is 71.5 Å². The van der Waals surface area contributed by atoms with E-state index in [-0.39, 0.29) is 16.1 Å². The lowest BCUT2D eigenvalue weighted by atomic mass is 10.1. The second-order valence-electron chi connectivity index (χ2n) is 6.86. The molecule has 0 aliphatic heterocycles. The molecule has 0 radical (unpaired) electrons. The summed E-state index contributed by atoms with van der Waals surface area (Å²) >= 11 is 12.4. The van der Waals surface area contributed by atoms with Gasteiger partial charge in [-0.3, -0.25) is 4.79 Å². The molecule has 0 amide bonds. The van der Waals surface area contributed by atoms with Crippen LogP contribution in [-0.4, -0.2) is 15.6 Å². The second-order valence-corrected chi connectivity index (χ2v) is 7.68. The van der Waals surface area contributed by atoms with Gasteiger partial charge in [0.25, 0.3) is 5.56 Å². The minimum absolute atomic E-state index is 0.0719. The van der Waals surface area contributed by atoms with Gasteiger partial charge in [0.05, 0.1) is 16.3 Å². The highest BCUT2D eigenvalue weighted by molar-refractivity contribution is 6.35. The van der Waals surface area contributed by atoms with Gasteiger partial charge in [0.1, 0.15) is 5.02 Å². The van der Waals surface area contributed by atoms with Gasteiger partial charge < -0.3 is 9.67 Å². The molecule has 0 fully saturated rings. The Morgan fingerprint density at radius 2 is 1.60 bits per heavy atom. The number of nitrogens with zero attached hydrogens (tertiary/aromatic N) is 1. The Balaban J connectivity index is 1.76. The lowest BCUT2D eigenvalue weighted by Crippen LogP contribution is -2.24. The number of allylic oxidation sites excluding steroid dienone is 1. The molecule has 2 aromatic carbocycles. The molecule has 30 heavy (non-hydrogen) atoms. The molecule has 0 aliphatic carbocycles.